The van der Waals surface area contributed by atoms with Crippen LogP contribution in [0.4, 0.5) is 17.1 Å². The smallest absolute Gasteiger partial charge is 0.272 e. The summed E-state index contributed by atoms with van der Waals surface area (Å²) in [4.78, 5) is 43.0. The zero-order valence-corrected chi connectivity index (χ0v) is 29.4. The van der Waals surface area contributed by atoms with E-state index >= 15 is 0 Å². The molecule has 0 fully saturated rings. The largest absolute Gasteiger partial charge is 0.457 e. The number of hydrogen-bond acceptors (Lipinski definition) is 5. The van der Waals surface area contributed by atoms with Crippen LogP contribution in [0.25, 0.3) is 17.4 Å². The molecule has 7 nitrogen and oxygen atoms in total. The second kappa shape index (κ2) is 16.2. The summed E-state index contributed by atoms with van der Waals surface area (Å²) in [5.74, 6) is -0.00510. The Morgan fingerprint density at radius 1 is 0.720 bits per heavy atom. The molecule has 0 aliphatic heterocycles. The molecule has 0 aliphatic rings. The summed E-state index contributed by atoms with van der Waals surface area (Å²) in [5.41, 5.74) is 3.38. The molecule has 0 saturated carbocycles. The molecule has 0 bridgehead atoms. The van der Waals surface area contributed by atoms with Crippen molar-refractivity contribution in [3.05, 3.63) is 173 Å². The van der Waals surface area contributed by atoms with Crippen LogP contribution in [0.5, 0.6) is 0 Å². The number of nitrogens with one attached hydrogen (secondary N) is 2. The number of thioether (sulfide) groups is 1. The van der Waals surface area contributed by atoms with E-state index in [1.807, 2.05) is 116 Å². The highest BCUT2D eigenvalue weighted by molar-refractivity contribution is 9.10. The Bertz CT molecular complexity index is 2060. The molecule has 0 unspecified atom stereocenters. The SMILES string of the molecule is C[C@@H](Sc1ccc(NC(=O)/C(=C/c2ccc(-c3ccc(Br)cc3)o2)NC(=O)c2ccccc2)cc1)C(=O)N(c1ccccc1)c1ccccc1. The molecule has 0 radical (unpaired) electrons. The minimum atomic E-state index is -0.527. The van der Waals surface area contributed by atoms with E-state index in [2.05, 4.69) is 26.6 Å². The van der Waals surface area contributed by atoms with Gasteiger partial charge in [-0.2, -0.15) is 0 Å². The van der Waals surface area contributed by atoms with E-state index in [-0.39, 0.29) is 11.6 Å². The van der Waals surface area contributed by atoms with Gasteiger partial charge in [0.2, 0.25) is 5.91 Å². The van der Waals surface area contributed by atoms with Gasteiger partial charge in [-0.3, -0.25) is 19.3 Å². The highest BCUT2D eigenvalue weighted by atomic mass is 79.9. The Kier molecular flexibility index (Phi) is 11.1. The first-order chi connectivity index (χ1) is 24.3. The van der Waals surface area contributed by atoms with Gasteiger partial charge in [-0.1, -0.05) is 82.7 Å². The summed E-state index contributed by atoms with van der Waals surface area (Å²) in [6.45, 7) is 1.88. The Morgan fingerprint density at radius 3 is 1.90 bits per heavy atom. The normalized spacial score (nSPS) is 11.8. The molecule has 248 valence electrons. The minimum absolute atomic E-state index is 0.00939. The lowest BCUT2D eigenvalue weighted by Crippen LogP contribution is -2.32. The Labute approximate surface area is 303 Å². The molecule has 0 saturated heterocycles. The van der Waals surface area contributed by atoms with Crippen molar-refractivity contribution in [3.63, 3.8) is 0 Å². The fourth-order valence-electron chi connectivity index (χ4n) is 5.09. The van der Waals surface area contributed by atoms with Crippen LogP contribution in [0.3, 0.4) is 0 Å². The molecular weight excluding hydrogens is 710 g/mol. The van der Waals surface area contributed by atoms with Gasteiger partial charge in [0.1, 0.15) is 17.2 Å². The van der Waals surface area contributed by atoms with E-state index in [0.29, 0.717) is 22.8 Å². The summed E-state index contributed by atoms with van der Waals surface area (Å²) in [5, 5.41) is 5.21. The minimum Gasteiger partial charge on any atom is -0.457 e. The Balaban J connectivity index is 1.17. The van der Waals surface area contributed by atoms with Gasteiger partial charge in [0.05, 0.1) is 5.25 Å². The number of carbonyl (C=O) groups excluding carboxylic acids is 3. The lowest BCUT2D eigenvalue weighted by molar-refractivity contribution is -0.117. The van der Waals surface area contributed by atoms with Crippen molar-refractivity contribution in [2.75, 3.05) is 10.2 Å². The number of rotatable bonds is 11. The molecule has 0 spiro atoms. The number of hydrogen-bond donors (Lipinski definition) is 2. The first kappa shape index (κ1) is 34.2. The Morgan fingerprint density at radius 2 is 1.30 bits per heavy atom. The van der Waals surface area contributed by atoms with E-state index in [1.165, 1.54) is 17.8 Å². The second-order valence-corrected chi connectivity index (χ2v) is 13.5. The third-order valence-corrected chi connectivity index (χ3v) is 9.22. The molecular formula is C41H32BrN3O4S. The quantitative estimate of drug-likeness (QED) is 0.102. The zero-order chi connectivity index (χ0) is 34.9. The van der Waals surface area contributed by atoms with E-state index in [9.17, 15) is 14.4 Å². The molecule has 2 N–H and O–H groups in total. The number of amides is 3. The van der Waals surface area contributed by atoms with E-state index in [1.54, 1.807) is 47.4 Å². The average Bonchev–Trinajstić information content (AvgIpc) is 3.62. The topological polar surface area (TPSA) is 91.6 Å². The lowest BCUT2D eigenvalue weighted by atomic mass is 10.2. The monoisotopic (exact) mass is 741 g/mol. The third kappa shape index (κ3) is 8.68. The number of para-hydroxylation sites is 2. The maximum atomic E-state index is 13.8. The van der Waals surface area contributed by atoms with Gasteiger partial charge in [-0.05, 0) is 91.9 Å². The first-order valence-electron chi connectivity index (χ1n) is 15.8. The molecule has 1 atom stereocenters. The van der Waals surface area contributed by atoms with Gasteiger partial charge >= 0.3 is 0 Å². The van der Waals surface area contributed by atoms with Gasteiger partial charge in [-0.15, -0.1) is 11.8 Å². The number of nitrogens with zero attached hydrogens (tertiary/aromatic N) is 1. The van der Waals surface area contributed by atoms with Gasteiger partial charge < -0.3 is 15.1 Å². The predicted octanol–water partition coefficient (Wildman–Crippen LogP) is 9.96. The van der Waals surface area contributed by atoms with E-state index in [4.69, 9.17) is 4.42 Å². The van der Waals surface area contributed by atoms with Crippen molar-refractivity contribution in [3.8, 4) is 11.3 Å². The standard InChI is InChI=1S/C41H32BrN3O4S/c1-28(41(48)45(33-13-7-3-8-14-33)34-15-9-4-10-16-34)50-36-24-21-32(22-25-36)43-40(47)37(44-39(46)30-11-5-2-6-12-30)27-35-23-26-38(49-35)29-17-19-31(42)20-18-29/h2-28H,1H3,(H,43,47)(H,44,46)/b37-27-/t28-/m1/s1. The highest BCUT2D eigenvalue weighted by Crippen LogP contribution is 2.32. The first-order valence-corrected chi connectivity index (χ1v) is 17.5. The summed E-state index contributed by atoms with van der Waals surface area (Å²) in [7, 11) is 0. The van der Waals surface area contributed by atoms with E-state index in [0.717, 1.165) is 26.3 Å². The third-order valence-electron chi connectivity index (χ3n) is 7.59. The molecule has 0 aliphatic carbocycles. The van der Waals surface area contributed by atoms with Crippen molar-refractivity contribution >= 4 is 68.6 Å². The number of furan rings is 1. The molecule has 1 aromatic heterocycles. The van der Waals surface area contributed by atoms with Gasteiger partial charge in [0.25, 0.3) is 11.8 Å². The van der Waals surface area contributed by atoms with Gasteiger partial charge in [0, 0.05) is 43.6 Å². The maximum Gasteiger partial charge on any atom is 0.272 e. The predicted molar refractivity (Wildman–Crippen MR) is 204 cm³/mol. The molecule has 5 aromatic carbocycles. The van der Waals surface area contributed by atoms with Crippen LogP contribution in [-0.4, -0.2) is 23.0 Å². The van der Waals surface area contributed by atoms with Crippen LogP contribution in [0.2, 0.25) is 0 Å². The number of halogens is 1. The van der Waals surface area contributed by atoms with Crippen molar-refractivity contribution in [2.24, 2.45) is 0 Å². The fraction of sp³-hybridized carbons (Fsp3) is 0.0488. The van der Waals surface area contributed by atoms with Crippen LogP contribution in [-0.2, 0) is 9.59 Å². The Hall–Kier alpha value is -5.64. The lowest BCUT2D eigenvalue weighted by Gasteiger charge is -2.26. The molecule has 9 heteroatoms. The van der Waals surface area contributed by atoms with Crippen molar-refractivity contribution < 1.29 is 18.8 Å². The van der Waals surface area contributed by atoms with Crippen LogP contribution < -0.4 is 15.5 Å². The average molecular weight is 743 g/mol. The zero-order valence-electron chi connectivity index (χ0n) is 27.0. The van der Waals surface area contributed by atoms with Gasteiger partial charge in [-0.25, -0.2) is 0 Å². The summed E-state index contributed by atoms with van der Waals surface area (Å²) in [6, 6.07) is 46.2. The summed E-state index contributed by atoms with van der Waals surface area (Å²) in [6.07, 6.45) is 1.50. The number of anilines is 3. The highest BCUT2D eigenvalue weighted by Gasteiger charge is 2.24. The fourth-order valence-corrected chi connectivity index (χ4v) is 6.27. The second-order valence-electron chi connectivity index (χ2n) is 11.2. The molecule has 6 rings (SSSR count). The molecule has 3 amide bonds. The molecule has 50 heavy (non-hydrogen) atoms. The van der Waals surface area contributed by atoms with Gasteiger partial charge in [0.15, 0.2) is 0 Å². The number of carbonyl (C=O) groups is 3. The number of benzene rings is 5. The molecule has 1 heterocycles. The van der Waals surface area contributed by atoms with Crippen molar-refractivity contribution in [1.82, 2.24) is 5.32 Å². The summed E-state index contributed by atoms with van der Waals surface area (Å²) < 4.78 is 6.96. The van der Waals surface area contributed by atoms with Crippen molar-refractivity contribution in [2.45, 2.75) is 17.1 Å². The maximum absolute atomic E-state index is 13.8. The van der Waals surface area contributed by atoms with Crippen LogP contribution in [0.1, 0.15) is 23.0 Å². The van der Waals surface area contributed by atoms with Crippen molar-refractivity contribution in [1.29, 1.82) is 0 Å². The van der Waals surface area contributed by atoms with Crippen LogP contribution in [0, 0.1) is 0 Å². The van der Waals surface area contributed by atoms with Crippen LogP contribution >= 0.6 is 27.7 Å². The molecule has 6 aromatic rings. The summed E-state index contributed by atoms with van der Waals surface area (Å²) >= 11 is 4.87. The van der Waals surface area contributed by atoms with E-state index < -0.39 is 17.1 Å². The van der Waals surface area contributed by atoms with Crippen LogP contribution in [0.15, 0.2) is 171 Å².